The molecule has 29 heavy (non-hydrogen) atoms. The van der Waals surface area contributed by atoms with Gasteiger partial charge >= 0.3 is 0 Å². The van der Waals surface area contributed by atoms with E-state index in [0.717, 1.165) is 12.8 Å². The normalized spacial score (nSPS) is 12.5. The van der Waals surface area contributed by atoms with E-state index in [0.29, 0.717) is 0 Å². The van der Waals surface area contributed by atoms with Crippen molar-refractivity contribution in [1.29, 1.82) is 0 Å². The van der Waals surface area contributed by atoms with Gasteiger partial charge in [-0.25, -0.2) is 0 Å². The highest BCUT2D eigenvalue weighted by Crippen LogP contribution is 2.46. The van der Waals surface area contributed by atoms with E-state index >= 15 is 0 Å². The van der Waals surface area contributed by atoms with Crippen molar-refractivity contribution in [3.05, 3.63) is 126 Å². The van der Waals surface area contributed by atoms with Crippen molar-refractivity contribution in [2.75, 3.05) is 0 Å². The fourth-order valence-corrected chi connectivity index (χ4v) is 5.19. The van der Waals surface area contributed by atoms with Crippen molar-refractivity contribution in [2.45, 2.75) is 32.1 Å². The van der Waals surface area contributed by atoms with E-state index in [9.17, 15) is 0 Å². The number of halogens is 2. The van der Waals surface area contributed by atoms with Crippen LogP contribution in [0.4, 0.5) is 0 Å². The number of hydrogen-bond donors (Lipinski definition) is 0. The summed E-state index contributed by atoms with van der Waals surface area (Å²) in [6.07, 6.45) is 4.49. The molecular formula is C27H26I2. The zero-order valence-corrected chi connectivity index (χ0v) is 21.2. The van der Waals surface area contributed by atoms with Gasteiger partial charge in [-0.3, -0.25) is 0 Å². The summed E-state index contributed by atoms with van der Waals surface area (Å²) in [5.41, 5.74) is 7.62. The second kappa shape index (κ2) is 10.6. The zero-order valence-electron chi connectivity index (χ0n) is 16.9. The van der Waals surface area contributed by atoms with E-state index in [-0.39, 0.29) is 5.41 Å². The first kappa shape index (κ1) is 22.3. The molecule has 0 saturated carbocycles. The van der Waals surface area contributed by atoms with Gasteiger partial charge in [0.25, 0.3) is 0 Å². The van der Waals surface area contributed by atoms with Crippen molar-refractivity contribution < 1.29 is 0 Å². The number of rotatable bonds is 7. The molecular weight excluding hydrogens is 578 g/mol. The summed E-state index contributed by atoms with van der Waals surface area (Å²) in [6, 6.07) is 28.8. The lowest BCUT2D eigenvalue weighted by molar-refractivity contribution is 0.742. The lowest BCUT2D eigenvalue weighted by Gasteiger charge is -2.37. The predicted molar refractivity (Wildman–Crippen MR) is 143 cm³/mol. The highest BCUT2D eigenvalue weighted by atomic mass is 127. The standard InChI is InChI=1S/C27H26I2/c1-3-10-22-19-25(16-15-21(22)2)27(26(20-29)17-18-28,23-11-6-4-7-12-23)24-13-8-5-9-14-24/h4-9,11-20H,3,10H2,1-2H3/b18-17-,26-20+. The fraction of sp³-hybridized carbons (Fsp3) is 0.185. The fourth-order valence-electron chi connectivity index (χ4n) is 4.13. The van der Waals surface area contributed by atoms with Gasteiger partial charge in [0.1, 0.15) is 0 Å². The summed E-state index contributed by atoms with van der Waals surface area (Å²) in [4.78, 5) is 0. The highest BCUT2D eigenvalue weighted by Gasteiger charge is 2.39. The quantitative estimate of drug-likeness (QED) is 0.144. The topological polar surface area (TPSA) is 0 Å². The number of hydrogen-bond acceptors (Lipinski definition) is 0. The van der Waals surface area contributed by atoms with Crippen LogP contribution in [-0.4, -0.2) is 0 Å². The van der Waals surface area contributed by atoms with Gasteiger partial charge in [-0.2, -0.15) is 0 Å². The molecule has 0 fully saturated rings. The van der Waals surface area contributed by atoms with E-state index in [2.05, 4.69) is 152 Å². The Kier molecular flexibility index (Phi) is 8.13. The van der Waals surface area contributed by atoms with E-state index in [1.54, 1.807) is 0 Å². The lowest BCUT2D eigenvalue weighted by atomic mass is 9.64. The Morgan fingerprint density at radius 2 is 1.41 bits per heavy atom. The molecule has 0 atom stereocenters. The van der Waals surface area contributed by atoms with Gasteiger partial charge in [0, 0.05) is 0 Å². The average Bonchev–Trinajstić information content (AvgIpc) is 2.77. The van der Waals surface area contributed by atoms with Gasteiger partial charge in [0.15, 0.2) is 0 Å². The van der Waals surface area contributed by atoms with Crippen LogP contribution in [0.5, 0.6) is 0 Å². The molecule has 3 aromatic carbocycles. The third-order valence-corrected chi connectivity index (χ3v) is 6.54. The highest BCUT2D eigenvalue weighted by molar-refractivity contribution is 14.1. The summed E-state index contributed by atoms with van der Waals surface area (Å²) in [5, 5.41) is 0. The molecule has 0 bridgehead atoms. The molecule has 0 aromatic heterocycles. The molecule has 2 heteroatoms. The predicted octanol–water partition coefficient (Wildman–Crippen LogP) is 8.55. The molecule has 0 unspecified atom stereocenters. The Labute approximate surface area is 202 Å². The molecule has 0 amide bonds. The zero-order chi connectivity index (χ0) is 20.7. The average molecular weight is 604 g/mol. The Hall–Kier alpha value is -1.40. The van der Waals surface area contributed by atoms with E-state index < -0.39 is 0 Å². The molecule has 0 N–H and O–H groups in total. The van der Waals surface area contributed by atoms with E-state index in [4.69, 9.17) is 0 Å². The van der Waals surface area contributed by atoms with Crippen LogP contribution in [0.15, 0.2) is 98.7 Å². The smallest absolute Gasteiger partial charge is 0.0651 e. The van der Waals surface area contributed by atoms with Crippen molar-refractivity contribution in [3.8, 4) is 0 Å². The summed E-state index contributed by atoms with van der Waals surface area (Å²) in [7, 11) is 0. The first-order valence-corrected chi connectivity index (χ1v) is 12.5. The Bertz CT molecular complexity index is 946. The Morgan fingerprint density at radius 3 is 1.90 bits per heavy atom. The van der Waals surface area contributed by atoms with Crippen LogP contribution in [0.1, 0.15) is 41.2 Å². The van der Waals surface area contributed by atoms with Crippen molar-refractivity contribution in [2.24, 2.45) is 0 Å². The Balaban J connectivity index is 2.44. The molecule has 3 rings (SSSR count). The van der Waals surface area contributed by atoms with Crippen LogP contribution >= 0.6 is 45.2 Å². The minimum atomic E-state index is -0.360. The second-order valence-corrected chi connectivity index (χ2v) is 8.57. The molecule has 3 aromatic rings. The third kappa shape index (κ3) is 4.53. The van der Waals surface area contributed by atoms with Gasteiger partial charge in [0.05, 0.1) is 5.41 Å². The molecule has 148 valence electrons. The second-order valence-electron chi connectivity index (χ2n) is 7.23. The minimum absolute atomic E-state index is 0.360. The van der Waals surface area contributed by atoms with Crippen LogP contribution in [0, 0.1) is 6.92 Å². The number of aryl methyl sites for hydroxylation is 2. The lowest BCUT2D eigenvalue weighted by Crippen LogP contribution is -2.31. The van der Waals surface area contributed by atoms with Crippen LogP contribution < -0.4 is 0 Å². The maximum absolute atomic E-state index is 2.43. The van der Waals surface area contributed by atoms with Crippen LogP contribution in [-0.2, 0) is 11.8 Å². The summed E-state index contributed by atoms with van der Waals surface area (Å²) in [6.45, 7) is 4.48. The van der Waals surface area contributed by atoms with Gasteiger partial charge in [-0.1, -0.05) is 143 Å². The van der Waals surface area contributed by atoms with E-state index in [1.807, 2.05) is 0 Å². The molecule has 0 nitrogen and oxygen atoms in total. The number of benzene rings is 3. The van der Waals surface area contributed by atoms with Gasteiger partial charge in [-0.05, 0) is 54.9 Å². The van der Waals surface area contributed by atoms with Gasteiger partial charge in [0.2, 0.25) is 0 Å². The van der Waals surface area contributed by atoms with Crippen LogP contribution in [0.2, 0.25) is 0 Å². The van der Waals surface area contributed by atoms with E-state index in [1.165, 1.54) is 33.4 Å². The number of allylic oxidation sites excluding steroid dienone is 2. The molecule has 0 aliphatic heterocycles. The van der Waals surface area contributed by atoms with Crippen LogP contribution in [0.3, 0.4) is 0 Å². The summed E-state index contributed by atoms with van der Waals surface area (Å²) in [5.74, 6) is 0. The molecule has 0 aliphatic rings. The maximum Gasteiger partial charge on any atom is 0.0706 e. The van der Waals surface area contributed by atoms with Crippen molar-refractivity contribution >= 4 is 45.2 Å². The monoisotopic (exact) mass is 604 g/mol. The maximum atomic E-state index is 2.43. The summed E-state index contributed by atoms with van der Waals surface area (Å²) >= 11 is 4.72. The largest absolute Gasteiger partial charge is 0.0706 e. The van der Waals surface area contributed by atoms with Crippen LogP contribution in [0.25, 0.3) is 0 Å². The first-order valence-electron chi connectivity index (χ1n) is 9.97. The Morgan fingerprint density at radius 1 is 0.828 bits per heavy atom. The van der Waals surface area contributed by atoms with Gasteiger partial charge < -0.3 is 0 Å². The molecule has 0 saturated heterocycles. The van der Waals surface area contributed by atoms with Crippen molar-refractivity contribution in [1.82, 2.24) is 0 Å². The third-order valence-electron chi connectivity index (χ3n) is 5.51. The summed E-state index contributed by atoms with van der Waals surface area (Å²) < 4.78 is 4.34. The molecule has 0 heterocycles. The molecule has 0 spiro atoms. The first-order chi connectivity index (χ1) is 14.2. The van der Waals surface area contributed by atoms with Crippen molar-refractivity contribution in [3.63, 3.8) is 0 Å². The molecule has 0 aliphatic carbocycles. The minimum Gasteiger partial charge on any atom is -0.0651 e. The van der Waals surface area contributed by atoms with Gasteiger partial charge in [-0.15, -0.1) is 0 Å². The molecule has 0 radical (unpaired) electrons. The SMILES string of the molecule is CCCc1cc(C(C(/C=C\I)=C/I)(c2ccccc2)c2ccccc2)ccc1C.